The normalized spacial score (nSPS) is 19.0. The topological polar surface area (TPSA) is 289 Å². The predicted molar refractivity (Wildman–Crippen MR) is 372 cm³/mol. The number of carbonyl (C=O) groups is 7. The van der Waals surface area contributed by atoms with Crippen molar-refractivity contribution in [3.8, 4) is 5.69 Å². The Bertz CT molecular complexity index is 4550. The molecule has 514 valence electrons. The van der Waals surface area contributed by atoms with Crippen molar-refractivity contribution in [2.45, 2.75) is 71.3 Å². The van der Waals surface area contributed by atoms with E-state index in [0.29, 0.717) is 101 Å². The molecule has 10 aromatic rings. The molecule has 3 aromatic carbocycles. The van der Waals surface area contributed by atoms with Crippen LogP contribution in [0.3, 0.4) is 0 Å². The zero-order valence-electron chi connectivity index (χ0n) is 56.2. The fraction of sp³-hybridized carbons (Fsp3) is 0.368. The standard InChI is InChI=1S/C26H30N4O3.C25H24N6O3.C25H26N4O4/c1-29(2)17-18-3-5-19(6-4-18)25(32)30-11-8-26(9-12-30)14-21(26)15-28-24(31)22-13-20-7-10-27-16-23(20)33-22;32-23(21-11-17-4-7-26-14-22(17)34-21)27-13-19-12-25(19)5-8-30(9-6-25)24(33)18-2-1-3-20(10-18)31-15-28-29-16-31;1-16(30)28-20-4-2-17(3-5-20)24(32)29-10-7-25(8-11-29)13-19(25)14-27-23(31)21-12-18-6-9-26-15-22(18)33-21/h3-7,10,13,16,21H,8-9,11-12,14-15,17H2,1-2H3,(H,28,31);1-4,7,10-11,14-16,19H,5-6,8-9,12-13H2,(H,27,32);2-6,9,12,15,19H,7-8,10-11,13-14H2,1H3,(H,27,31)(H,28,30). The summed E-state index contributed by atoms with van der Waals surface area (Å²) in [6.07, 6.45) is 22.2. The van der Waals surface area contributed by atoms with E-state index < -0.39 is 0 Å². The smallest absolute Gasteiger partial charge is 0.287 e. The Hall–Kier alpha value is -10.9. The maximum Gasteiger partial charge on any atom is 0.287 e. The molecule has 6 fully saturated rings. The number of piperidine rings is 3. The maximum absolute atomic E-state index is 13.1. The average molecular weight is 1350 g/mol. The van der Waals surface area contributed by atoms with Gasteiger partial charge < -0.3 is 54.1 Å². The van der Waals surface area contributed by atoms with E-state index in [9.17, 15) is 33.6 Å². The Morgan fingerprint density at radius 3 is 1.23 bits per heavy atom. The van der Waals surface area contributed by atoms with Gasteiger partial charge in [-0.3, -0.25) is 53.1 Å². The van der Waals surface area contributed by atoms with E-state index in [1.54, 1.807) is 96.9 Å². The molecule has 16 rings (SSSR count). The van der Waals surface area contributed by atoms with Crippen LogP contribution in [0, 0.1) is 34.0 Å². The maximum atomic E-state index is 13.1. The van der Waals surface area contributed by atoms with Crippen molar-refractivity contribution in [2.24, 2.45) is 34.0 Å². The summed E-state index contributed by atoms with van der Waals surface area (Å²) in [6.45, 7) is 8.67. The molecule has 0 bridgehead atoms. The zero-order valence-corrected chi connectivity index (χ0v) is 56.2. The number of hydrogen-bond donors (Lipinski definition) is 4. The first-order chi connectivity index (χ1) is 48.5. The van der Waals surface area contributed by atoms with E-state index in [4.69, 9.17) is 13.3 Å². The van der Waals surface area contributed by atoms with Crippen molar-refractivity contribution in [2.75, 3.05) is 78.3 Å². The summed E-state index contributed by atoms with van der Waals surface area (Å²) in [7, 11) is 4.07. The third-order valence-electron chi connectivity index (χ3n) is 21.3. The number of furan rings is 3. The number of nitrogens with zero attached hydrogens (tertiary/aromatic N) is 10. The monoisotopic (exact) mass is 1350 g/mol. The first-order valence-electron chi connectivity index (χ1n) is 34.3. The summed E-state index contributed by atoms with van der Waals surface area (Å²) >= 11 is 0. The zero-order chi connectivity index (χ0) is 69.1. The lowest BCUT2D eigenvalue weighted by molar-refractivity contribution is -0.114. The molecule has 6 aliphatic rings. The van der Waals surface area contributed by atoms with Gasteiger partial charge in [0.05, 0.1) is 18.6 Å². The van der Waals surface area contributed by atoms with Crippen molar-refractivity contribution >= 4 is 79.9 Å². The van der Waals surface area contributed by atoms with Crippen LogP contribution in [0.25, 0.3) is 38.6 Å². The SMILES string of the molecule is CC(=O)Nc1ccc(C(=O)N2CCC3(CC2)CC3CNC(=O)c2cc3ccncc3o2)cc1.CN(C)Cc1ccc(C(=O)N2CCC3(CC2)CC3CNC(=O)c2cc3ccncc3o2)cc1.O=C(NCC1CC12CCN(C(=O)c1cccc(-n3cnnc3)c1)CC2)c1cc2ccncc2o1. The van der Waals surface area contributed by atoms with Crippen LogP contribution in [-0.4, -0.2) is 164 Å². The Kier molecular flexibility index (Phi) is 18.7. The third-order valence-corrected chi connectivity index (χ3v) is 21.3. The molecular weight excluding hydrogens is 1270 g/mol. The van der Waals surface area contributed by atoms with Crippen molar-refractivity contribution < 1.29 is 46.8 Å². The van der Waals surface area contributed by atoms with Crippen LogP contribution in [-0.2, 0) is 11.3 Å². The van der Waals surface area contributed by atoms with E-state index in [0.717, 1.165) is 118 Å². The van der Waals surface area contributed by atoms with Gasteiger partial charge in [-0.1, -0.05) is 18.2 Å². The Labute approximate surface area is 577 Å². The van der Waals surface area contributed by atoms with Crippen LogP contribution < -0.4 is 21.3 Å². The highest BCUT2D eigenvalue weighted by atomic mass is 16.4. The molecule has 0 radical (unpaired) electrons. The van der Waals surface area contributed by atoms with Gasteiger partial charge in [-0.05, 0) is 202 Å². The van der Waals surface area contributed by atoms with Gasteiger partial charge in [-0.2, -0.15) is 0 Å². The fourth-order valence-electron chi connectivity index (χ4n) is 15.1. The number of pyridine rings is 3. The largest absolute Gasteiger partial charge is 0.449 e. The second-order valence-corrected chi connectivity index (χ2v) is 28.0. The van der Waals surface area contributed by atoms with Gasteiger partial charge in [0.1, 0.15) is 12.7 Å². The molecule has 3 saturated carbocycles. The van der Waals surface area contributed by atoms with Crippen molar-refractivity contribution in [1.82, 2.24) is 65.3 Å². The van der Waals surface area contributed by atoms with Gasteiger partial charge >= 0.3 is 0 Å². The quantitative estimate of drug-likeness (QED) is 0.0699. The van der Waals surface area contributed by atoms with E-state index in [2.05, 4.69) is 51.3 Å². The minimum absolute atomic E-state index is 0.0177. The molecule has 24 nitrogen and oxygen atoms in total. The van der Waals surface area contributed by atoms with Crippen LogP contribution >= 0.6 is 0 Å². The first kappa shape index (κ1) is 66.4. The highest BCUT2D eigenvalue weighted by molar-refractivity contribution is 5.99. The summed E-state index contributed by atoms with van der Waals surface area (Å²) in [5, 5.41) is 22.0. The van der Waals surface area contributed by atoms with Crippen LogP contribution in [0.15, 0.2) is 172 Å². The molecule has 3 aliphatic heterocycles. The van der Waals surface area contributed by atoms with Crippen molar-refractivity contribution in [1.29, 1.82) is 0 Å². The molecule has 3 spiro atoms. The number of fused-ring (bicyclic) bond motifs is 3. The molecule has 3 atom stereocenters. The molecule has 3 unspecified atom stereocenters. The summed E-state index contributed by atoms with van der Waals surface area (Å²) in [4.78, 5) is 108. The number of nitrogens with one attached hydrogen (secondary N) is 4. The predicted octanol–water partition coefficient (Wildman–Crippen LogP) is 10.1. The number of rotatable bonds is 16. The Morgan fingerprint density at radius 1 is 0.480 bits per heavy atom. The molecule has 3 saturated heterocycles. The van der Waals surface area contributed by atoms with Crippen LogP contribution in [0.5, 0.6) is 0 Å². The second-order valence-electron chi connectivity index (χ2n) is 28.0. The Morgan fingerprint density at radius 2 is 0.860 bits per heavy atom. The lowest BCUT2D eigenvalue weighted by Crippen LogP contribution is -2.40. The molecule has 7 amide bonds. The fourth-order valence-corrected chi connectivity index (χ4v) is 15.1. The first-order valence-corrected chi connectivity index (χ1v) is 34.3. The minimum Gasteiger partial charge on any atom is -0.449 e. The van der Waals surface area contributed by atoms with Crippen LogP contribution in [0.1, 0.15) is 133 Å². The van der Waals surface area contributed by atoms with Gasteiger partial charge in [0.2, 0.25) is 5.91 Å². The third kappa shape index (κ3) is 14.8. The molecule has 24 heteroatoms. The number of likely N-dealkylation sites (tertiary alicyclic amines) is 3. The number of aromatic nitrogens is 6. The summed E-state index contributed by atoms with van der Waals surface area (Å²) in [5.41, 5.74) is 7.35. The summed E-state index contributed by atoms with van der Waals surface area (Å²) < 4.78 is 18.6. The second kappa shape index (κ2) is 28.2. The van der Waals surface area contributed by atoms with Gasteiger partial charge in [-0.15, -0.1) is 10.2 Å². The van der Waals surface area contributed by atoms with Crippen LogP contribution in [0.2, 0.25) is 0 Å². The van der Waals surface area contributed by atoms with Gasteiger partial charge in [-0.25, -0.2) is 0 Å². The molecular formula is C76H80N14O10. The number of amides is 7. The van der Waals surface area contributed by atoms with Gasteiger partial charge in [0, 0.05) is 135 Å². The highest BCUT2D eigenvalue weighted by Crippen LogP contribution is 2.61. The Balaban J connectivity index is 0.000000128. The van der Waals surface area contributed by atoms with Crippen molar-refractivity contribution in [3.63, 3.8) is 0 Å². The average Bonchev–Trinajstić information content (AvgIpc) is 1.60. The number of benzene rings is 3. The van der Waals surface area contributed by atoms with E-state index in [-0.39, 0.29) is 57.6 Å². The van der Waals surface area contributed by atoms with Gasteiger partial charge in [0.25, 0.3) is 35.4 Å². The molecule has 3 aliphatic carbocycles. The van der Waals surface area contributed by atoms with E-state index in [1.807, 2.05) is 95.5 Å². The van der Waals surface area contributed by atoms with E-state index in [1.165, 1.54) is 12.5 Å². The lowest BCUT2D eigenvalue weighted by atomic mass is 9.90. The minimum atomic E-state index is -0.205. The highest BCUT2D eigenvalue weighted by Gasteiger charge is 2.57. The molecule has 7 aromatic heterocycles. The molecule has 10 heterocycles. The molecule has 4 N–H and O–H groups in total. The van der Waals surface area contributed by atoms with Crippen molar-refractivity contribution in [3.05, 3.63) is 199 Å². The number of carbonyl (C=O) groups excluding carboxylic acids is 7. The number of anilines is 1. The molecule has 100 heavy (non-hydrogen) atoms. The summed E-state index contributed by atoms with van der Waals surface area (Å²) in [5.74, 6) is 1.74. The summed E-state index contributed by atoms with van der Waals surface area (Å²) in [6, 6.07) is 33.2. The van der Waals surface area contributed by atoms with Crippen LogP contribution in [0.4, 0.5) is 5.69 Å². The number of hydrogen-bond acceptors (Lipinski definition) is 16. The lowest BCUT2D eigenvalue weighted by Gasteiger charge is -2.33. The van der Waals surface area contributed by atoms with Gasteiger partial charge in [0.15, 0.2) is 34.0 Å². The van der Waals surface area contributed by atoms with E-state index >= 15 is 0 Å².